The molecule has 0 spiro atoms. The number of hydrogen-bond acceptors (Lipinski definition) is 4. The Morgan fingerprint density at radius 1 is 1.20 bits per heavy atom. The van der Waals surface area contributed by atoms with Crippen molar-refractivity contribution in [3.63, 3.8) is 0 Å². The number of carbonyl (C=O) groups is 2. The number of piperazine rings is 1. The molecule has 0 bridgehead atoms. The molecule has 142 valence electrons. The molecule has 2 saturated heterocycles. The average Bonchev–Trinajstić information content (AvgIpc) is 2.48. The molecule has 0 aromatic carbocycles. The first-order valence-electron chi connectivity index (χ1n) is 8.67. The number of thiocarbonyl (C=S) groups is 1. The number of amides is 1. The number of nitrogens with zero attached hydrogens (tertiary/aromatic N) is 3. The van der Waals surface area contributed by atoms with Crippen LogP contribution in [0.15, 0.2) is 0 Å². The molecule has 1 atom stereocenters. The zero-order valence-corrected chi connectivity index (χ0v) is 16.6. The number of ether oxygens (including phenoxy) is 1. The predicted molar refractivity (Wildman–Crippen MR) is 98.5 cm³/mol. The van der Waals surface area contributed by atoms with Gasteiger partial charge in [-0.2, -0.15) is 0 Å². The molecule has 25 heavy (non-hydrogen) atoms. The molecule has 1 unspecified atom stereocenters. The van der Waals surface area contributed by atoms with Crippen molar-refractivity contribution in [3.05, 3.63) is 0 Å². The molecular weight excluding hydrogens is 342 g/mol. The van der Waals surface area contributed by atoms with Gasteiger partial charge in [0.15, 0.2) is 5.11 Å². The molecule has 0 aromatic rings. The summed E-state index contributed by atoms with van der Waals surface area (Å²) in [5, 5.41) is 10.0. The Bertz CT molecular complexity index is 559. The van der Waals surface area contributed by atoms with E-state index in [4.69, 9.17) is 17.0 Å². The quantitative estimate of drug-likeness (QED) is 0.761. The minimum Gasteiger partial charge on any atom is -0.481 e. The molecule has 2 rings (SSSR count). The fraction of sp³-hybridized carbons (Fsp3) is 0.824. The maximum absolute atomic E-state index is 12.3. The molecule has 1 N–H and O–H groups in total. The highest BCUT2D eigenvalue weighted by molar-refractivity contribution is 7.80. The number of carboxylic acids is 1. The third-order valence-electron chi connectivity index (χ3n) is 4.55. The lowest BCUT2D eigenvalue weighted by Gasteiger charge is -2.50. The fourth-order valence-electron chi connectivity index (χ4n) is 3.12. The third-order valence-corrected chi connectivity index (χ3v) is 5.04. The van der Waals surface area contributed by atoms with Crippen LogP contribution in [0.4, 0.5) is 4.79 Å². The molecule has 2 heterocycles. The number of hydrogen-bond donors (Lipinski definition) is 1. The van der Waals surface area contributed by atoms with Gasteiger partial charge in [-0.1, -0.05) is 0 Å². The molecular formula is C17H29N3O4S. The van der Waals surface area contributed by atoms with Gasteiger partial charge in [0.1, 0.15) is 5.60 Å². The second-order valence-corrected chi connectivity index (χ2v) is 8.82. The van der Waals surface area contributed by atoms with Crippen molar-refractivity contribution >= 4 is 29.4 Å². The van der Waals surface area contributed by atoms with Crippen LogP contribution in [0.25, 0.3) is 0 Å². The highest BCUT2D eigenvalue weighted by Crippen LogP contribution is 2.26. The van der Waals surface area contributed by atoms with E-state index in [0.717, 1.165) is 6.42 Å². The first-order chi connectivity index (χ1) is 11.4. The molecule has 0 radical (unpaired) electrons. The van der Waals surface area contributed by atoms with Crippen molar-refractivity contribution < 1.29 is 19.4 Å². The van der Waals surface area contributed by atoms with Crippen molar-refractivity contribution in [1.82, 2.24) is 14.7 Å². The van der Waals surface area contributed by atoms with Crippen LogP contribution in [-0.2, 0) is 9.53 Å². The number of carboxylic acid groups (broad SMARTS) is 1. The largest absolute Gasteiger partial charge is 0.481 e. The Balaban J connectivity index is 1.97. The van der Waals surface area contributed by atoms with Gasteiger partial charge in [0, 0.05) is 32.7 Å². The van der Waals surface area contributed by atoms with Crippen molar-refractivity contribution in [1.29, 1.82) is 0 Å². The van der Waals surface area contributed by atoms with Gasteiger partial charge in [-0.25, -0.2) is 4.79 Å². The lowest BCUT2D eigenvalue weighted by molar-refractivity contribution is -0.147. The minimum atomic E-state index is -0.852. The minimum absolute atomic E-state index is 0.165. The molecule has 0 saturated carbocycles. The van der Waals surface area contributed by atoms with Crippen molar-refractivity contribution in [2.24, 2.45) is 5.41 Å². The lowest BCUT2D eigenvalue weighted by atomic mass is 9.92. The van der Waals surface area contributed by atoms with Gasteiger partial charge in [-0.3, -0.25) is 4.79 Å². The van der Waals surface area contributed by atoms with Crippen molar-refractivity contribution in [2.75, 3.05) is 32.7 Å². The molecule has 8 heteroatoms. The van der Waals surface area contributed by atoms with Gasteiger partial charge >= 0.3 is 12.1 Å². The van der Waals surface area contributed by atoms with E-state index in [2.05, 4.69) is 4.90 Å². The normalized spacial score (nSPS) is 21.9. The first-order valence-corrected chi connectivity index (χ1v) is 9.08. The molecule has 2 aliphatic heterocycles. The maximum Gasteiger partial charge on any atom is 0.410 e. The van der Waals surface area contributed by atoms with Crippen LogP contribution >= 0.6 is 12.2 Å². The predicted octanol–water partition coefficient (Wildman–Crippen LogP) is 2.01. The smallest absolute Gasteiger partial charge is 0.410 e. The van der Waals surface area contributed by atoms with Crippen molar-refractivity contribution in [3.8, 4) is 0 Å². The number of fused-ring (bicyclic) bond motifs is 1. The van der Waals surface area contributed by atoms with Gasteiger partial charge in [-0.15, -0.1) is 0 Å². The van der Waals surface area contributed by atoms with E-state index in [1.807, 2.05) is 25.7 Å². The van der Waals surface area contributed by atoms with Gasteiger partial charge < -0.3 is 24.5 Å². The molecule has 2 aliphatic rings. The molecule has 2 fully saturated rings. The summed E-state index contributed by atoms with van der Waals surface area (Å²) in [6, 6.07) is 0.165. The summed E-state index contributed by atoms with van der Waals surface area (Å²) in [5.41, 5.74) is -1.36. The van der Waals surface area contributed by atoms with E-state index in [0.29, 0.717) is 37.8 Å². The summed E-state index contributed by atoms with van der Waals surface area (Å²) >= 11 is 5.60. The average molecular weight is 372 g/mol. The summed E-state index contributed by atoms with van der Waals surface area (Å²) in [6.45, 7) is 11.9. The van der Waals surface area contributed by atoms with E-state index < -0.39 is 17.0 Å². The molecule has 0 aromatic heterocycles. The second kappa shape index (κ2) is 6.97. The van der Waals surface area contributed by atoms with E-state index in [-0.39, 0.29) is 12.1 Å². The van der Waals surface area contributed by atoms with Crippen LogP contribution in [0.2, 0.25) is 0 Å². The van der Waals surface area contributed by atoms with Gasteiger partial charge in [0.2, 0.25) is 0 Å². The van der Waals surface area contributed by atoms with Crippen LogP contribution in [0.3, 0.4) is 0 Å². The SMILES string of the molecule is CC(C)(C)OC(=O)N1CCN2C(=S)N(CC(C)(C)C(=O)O)CCC2C1. The third kappa shape index (κ3) is 4.74. The number of aliphatic carboxylic acids is 1. The molecule has 1 amide bonds. The van der Waals surface area contributed by atoms with E-state index in [1.54, 1.807) is 18.7 Å². The summed E-state index contributed by atoms with van der Waals surface area (Å²) in [6.07, 6.45) is 0.558. The maximum atomic E-state index is 12.3. The Labute approximate surface area is 154 Å². The summed E-state index contributed by atoms with van der Waals surface area (Å²) in [7, 11) is 0. The molecule has 7 nitrogen and oxygen atoms in total. The lowest BCUT2D eigenvalue weighted by Crippen LogP contribution is -2.64. The Morgan fingerprint density at radius 3 is 2.40 bits per heavy atom. The highest BCUT2D eigenvalue weighted by atomic mass is 32.1. The Morgan fingerprint density at radius 2 is 1.84 bits per heavy atom. The van der Waals surface area contributed by atoms with E-state index >= 15 is 0 Å². The van der Waals surface area contributed by atoms with E-state index in [1.165, 1.54) is 0 Å². The highest BCUT2D eigenvalue weighted by Gasteiger charge is 2.40. The zero-order valence-electron chi connectivity index (χ0n) is 15.7. The van der Waals surface area contributed by atoms with Crippen molar-refractivity contribution in [2.45, 2.75) is 52.7 Å². The van der Waals surface area contributed by atoms with Gasteiger partial charge in [-0.05, 0) is 53.3 Å². The summed E-state index contributed by atoms with van der Waals surface area (Å²) in [4.78, 5) is 29.5. The monoisotopic (exact) mass is 371 g/mol. The Kier molecular flexibility index (Phi) is 5.51. The van der Waals surface area contributed by atoms with Crippen LogP contribution < -0.4 is 0 Å². The first kappa shape index (κ1) is 19.8. The second-order valence-electron chi connectivity index (χ2n) is 8.46. The fourth-order valence-corrected chi connectivity index (χ4v) is 3.52. The van der Waals surface area contributed by atoms with Crippen LogP contribution in [-0.4, -0.2) is 81.3 Å². The van der Waals surface area contributed by atoms with Gasteiger partial charge in [0.05, 0.1) is 11.5 Å². The standard InChI is InChI=1S/C17H29N3O4S/c1-16(2,3)24-15(23)18-8-9-20-12(10-18)6-7-19(14(20)25)11-17(4,5)13(21)22/h12H,6-11H2,1-5H3,(H,21,22). The summed E-state index contributed by atoms with van der Waals surface area (Å²) in [5.74, 6) is -0.827. The summed E-state index contributed by atoms with van der Waals surface area (Å²) < 4.78 is 5.46. The van der Waals surface area contributed by atoms with Gasteiger partial charge in [0.25, 0.3) is 0 Å². The molecule has 0 aliphatic carbocycles. The van der Waals surface area contributed by atoms with E-state index in [9.17, 15) is 14.7 Å². The number of rotatable bonds is 3. The Hall–Kier alpha value is -1.57. The van der Waals surface area contributed by atoms with Crippen LogP contribution in [0, 0.1) is 5.41 Å². The van der Waals surface area contributed by atoms with Crippen LogP contribution in [0.1, 0.15) is 41.0 Å². The van der Waals surface area contributed by atoms with Crippen LogP contribution in [0.5, 0.6) is 0 Å². The number of carbonyl (C=O) groups excluding carboxylic acids is 1. The zero-order chi connectivity index (χ0) is 19.0. The topological polar surface area (TPSA) is 73.3 Å².